The molecule has 5 heteroatoms. The molecule has 1 aromatic rings. The number of benzene rings is 1. The van der Waals surface area contributed by atoms with Crippen LogP contribution in [0.25, 0.3) is 0 Å². The fourth-order valence-corrected chi connectivity index (χ4v) is 3.21. The third kappa shape index (κ3) is 2.53. The monoisotopic (exact) mass is 328 g/mol. The molecule has 1 aliphatic heterocycles. The Labute approximate surface area is 121 Å². The maximum absolute atomic E-state index is 9.50. The summed E-state index contributed by atoms with van der Waals surface area (Å²) in [6, 6.07) is 6.07. The normalized spacial score (nSPS) is 23.4. The molecule has 3 N–H and O–H groups in total. The van der Waals surface area contributed by atoms with Crippen molar-refractivity contribution in [1.82, 2.24) is 0 Å². The lowest BCUT2D eigenvalue weighted by Crippen LogP contribution is -2.35. The first kappa shape index (κ1) is 13.8. The van der Waals surface area contributed by atoms with Gasteiger partial charge in [-0.25, -0.2) is 0 Å². The Morgan fingerprint density at radius 3 is 2.89 bits per heavy atom. The van der Waals surface area contributed by atoms with Crippen LogP contribution >= 0.6 is 28.1 Å². The van der Waals surface area contributed by atoms with Crippen LogP contribution in [0.4, 0.5) is 5.69 Å². The van der Waals surface area contributed by atoms with Crippen molar-refractivity contribution in [3.8, 4) is 0 Å². The van der Waals surface area contributed by atoms with Gasteiger partial charge in [0.05, 0.1) is 18.3 Å². The molecule has 2 atom stereocenters. The molecule has 1 aromatic carbocycles. The standard InChI is InChI=1S/C13H17BrN2OS/c1-8-4-5-16(12(8)7-17)11-3-2-9(13(15)18)6-10(11)14/h2-3,6,8,12,17H,4-5,7H2,1H3,(H2,15,18). The second kappa shape index (κ2) is 5.55. The smallest absolute Gasteiger partial charge is 0.104 e. The number of thiocarbonyl (C=S) groups is 1. The predicted molar refractivity (Wildman–Crippen MR) is 82.0 cm³/mol. The summed E-state index contributed by atoms with van der Waals surface area (Å²) < 4.78 is 0.973. The van der Waals surface area contributed by atoms with E-state index in [1.807, 2.05) is 18.2 Å². The summed E-state index contributed by atoms with van der Waals surface area (Å²) in [4.78, 5) is 2.65. The van der Waals surface area contributed by atoms with Gasteiger partial charge in [-0.1, -0.05) is 19.1 Å². The van der Waals surface area contributed by atoms with E-state index in [1.54, 1.807) is 0 Å². The van der Waals surface area contributed by atoms with Crippen LogP contribution in [0.5, 0.6) is 0 Å². The molecule has 2 rings (SSSR count). The minimum absolute atomic E-state index is 0.185. The third-order valence-electron chi connectivity index (χ3n) is 3.61. The first-order valence-electron chi connectivity index (χ1n) is 6.01. The van der Waals surface area contributed by atoms with E-state index in [-0.39, 0.29) is 12.6 Å². The Balaban J connectivity index is 2.31. The lowest BCUT2D eigenvalue weighted by atomic mass is 10.0. The highest BCUT2D eigenvalue weighted by atomic mass is 79.9. The summed E-state index contributed by atoms with van der Waals surface area (Å²) in [7, 11) is 0. The molecule has 0 spiro atoms. The number of nitrogens with zero attached hydrogens (tertiary/aromatic N) is 1. The third-order valence-corrected chi connectivity index (χ3v) is 4.48. The van der Waals surface area contributed by atoms with Crippen LogP contribution < -0.4 is 10.6 Å². The average molecular weight is 329 g/mol. The Morgan fingerprint density at radius 1 is 1.61 bits per heavy atom. The maximum Gasteiger partial charge on any atom is 0.104 e. The van der Waals surface area contributed by atoms with Gasteiger partial charge in [0.2, 0.25) is 0 Å². The summed E-state index contributed by atoms with van der Waals surface area (Å²) >= 11 is 8.53. The van der Waals surface area contributed by atoms with E-state index >= 15 is 0 Å². The van der Waals surface area contributed by atoms with Crippen molar-refractivity contribution in [2.45, 2.75) is 19.4 Å². The minimum Gasteiger partial charge on any atom is -0.394 e. The fourth-order valence-electron chi connectivity index (χ4n) is 2.48. The van der Waals surface area contributed by atoms with Crippen LogP contribution in [0.3, 0.4) is 0 Å². The van der Waals surface area contributed by atoms with Crippen molar-refractivity contribution >= 4 is 38.8 Å². The Morgan fingerprint density at radius 2 is 2.33 bits per heavy atom. The summed E-state index contributed by atoms with van der Waals surface area (Å²) in [6.45, 7) is 3.33. The Hall–Kier alpha value is -0.650. The van der Waals surface area contributed by atoms with Crippen LogP contribution in [-0.2, 0) is 0 Å². The van der Waals surface area contributed by atoms with Gasteiger partial charge in [0, 0.05) is 16.6 Å². The topological polar surface area (TPSA) is 49.5 Å². The van der Waals surface area contributed by atoms with Crippen LogP contribution in [0.15, 0.2) is 22.7 Å². The van der Waals surface area contributed by atoms with Gasteiger partial charge in [-0.3, -0.25) is 0 Å². The van der Waals surface area contributed by atoms with E-state index in [2.05, 4.69) is 27.8 Å². The zero-order chi connectivity index (χ0) is 13.3. The SMILES string of the molecule is CC1CCN(c2ccc(C(N)=S)cc2Br)C1CO. The largest absolute Gasteiger partial charge is 0.394 e. The highest BCUT2D eigenvalue weighted by Crippen LogP contribution is 2.34. The quantitative estimate of drug-likeness (QED) is 0.836. The molecule has 1 heterocycles. The molecule has 18 heavy (non-hydrogen) atoms. The van der Waals surface area contributed by atoms with Crippen LogP contribution in [0.2, 0.25) is 0 Å². The number of aliphatic hydroxyl groups excluding tert-OH is 1. The van der Waals surface area contributed by atoms with Crippen molar-refractivity contribution in [2.75, 3.05) is 18.1 Å². The van der Waals surface area contributed by atoms with E-state index in [4.69, 9.17) is 18.0 Å². The van der Waals surface area contributed by atoms with Gasteiger partial charge in [0.25, 0.3) is 0 Å². The van der Waals surface area contributed by atoms with Crippen molar-refractivity contribution < 1.29 is 5.11 Å². The van der Waals surface area contributed by atoms with Crippen molar-refractivity contribution in [1.29, 1.82) is 0 Å². The van der Waals surface area contributed by atoms with Crippen molar-refractivity contribution in [3.63, 3.8) is 0 Å². The van der Waals surface area contributed by atoms with Crippen molar-refractivity contribution in [2.24, 2.45) is 11.7 Å². The molecule has 1 saturated heterocycles. The lowest BCUT2D eigenvalue weighted by Gasteiger charge is -2.28. The Kier molecular flexibility index (Phi) is 4.25. The predicted octanol–water partition coefficient (Wildman–Crippen LogP) is 2.29. The highest BCUT2D eigenvalue weighted by molar-refractivity contribution is 9.10. The number of anilines is 1. The molecule has 0 bridgehead atoms. The van der Waals surface area contributed by atoms with Crippen LogP contribution in [0, 0.1) is 5.92 Å². The van der Waals surface area contributed by atoms with Gasteiger partial charge in [-0.05, 0) is 46.5 Å². The van der Waals surface area contributed by atoms with Gasteiger partial charge in [0.15, 0.2) is 0 Å². The molecule has 0 radical (unpaired) electrons. The number of halogens is 1. The molecule has 2 unspecified atom stereocenters. The number of rotatable bonds is 3. The zero-order valence-corrected chi connectivity index (χ0v) is 12.7. The number of hydrogen-bond acceptors (Lipinski definition) is 3. The molecular formula is C13H17BrN2OS. The summed E-state index contributed by atoms with van der Waals surface area (Å²) in [5.74, 6) is 0.511. The molecule has 1 aliphatic rings. The van der Waals surface area contributed by atoms with E-state index in [0.29, 0.717) is 10.9 Å². The lowest BCUT2D eigenvalue weighted by molar-refractivity contribution is 0.244. The number of hydrogen-bond donors (Lipinski definition) is 2. The molecule has 0 aliphatic carbocycles. The minimum atomic E-state index is 0.185. The molecule has 1 fully saturated rings. The maximum atomic E-state index is 9.50. The Bertz CT molecular complexity index is 466. The molecular weight excluding hydrogens is 312 g/mol. The van der Waals surface area contributed by atoms with E-state index in [1.165, 1.54) is 0 Å². The molecule has 0 saturated carbocycles. The number of aliphatic hydroxyl groups is 1. The van der Waals surface area contributed by atoms with E-state index < -0.39 is 0 Å². The second-order valence-corrected chi connectivity index (χ2v) is 6.03. The molecule has 98 valence electrons. The second-order valence-electron chi connectivity index (χ2n) is 4.74. The summed E-state index contributed by atoms with van der Waals surface area (Å²) in [6.07, 6.45) is 1.11. The fraction of sp³-hybridized carbons (Fsp3) is 0.462. The van der Waals surface area contributed by atoms with Crippen LogP contribution in [0.1, 0.15) is 18.9 Å². The zero-order valence-electron chi connectivity index (χ0n) is 10.3. The van der Waals surface area contributed by atoms with Crippen molar-refractivity contribution in [3.05, 3.63) is 28.2 Å². The van der Waals surface area contributed by atoms with Gasteiger partial charge in [-0.2, -0.15) is 0 Å². The first-order chi connectivity index (χ1) is 8.54. The van der Waals surface area contributed by atoms with E-state index in [9.17, 15) is 5.11 Å². The van der Waals surface area contributed by atoms with Gasteiger partial charge < -0.3 is 15.7 Å². The number of nitrogens with two attached hydrogens (primary N) is 1. The van der Waals surface area contributed by atoms with Gasteiger partial charge in [0.1, 0.15) is 4.99 Å². The molecule has 3 nitrogen and oxygen atoms in total. The molecule has 0 amide bonds. The summed E-state index contributed by atoms with van der Waals surface area (Å²) in [5.41, 5.74) is 7.57. The first-order valence-corrected chi connectivity index (χ1v) is 7.21. The van der Waals surface area contributed by atoms with Crippen LogP contribution in [-0.4, -0.2) is 29.3 Å². The van der Waals surface area contributed by atoms with Gasteiger partial charge >= 0.3 is 0 Å². The summed E-state index contributed by atoms with van der Waals surface area (Å²) in [5, 5.41) is 9.50. The van der Waals surface area contributed by atoms with Gasteiger partial charge in [-0.15, -0.1) is 0 Å². The van der Waals surface area contributed by atoms with E-state index in [0.717, 1.165) is 28.7 Å². The highest BCUT2D eigenvalue weighted by Gasteiger charge is 2.31. The molecule has 0 aromatic heterocycles. The average Bonchev–Trinajstić information content (AvgIpc) is 2.70.